The van der Waals surface area contributed by atoms with Gasteiger partial charge in [0.2, 0.25) is 0 Å². The summed E-state index contributed by atoms with van der Waals surface area (Å²) < 4.78 is 2.37. The predicted molar refractivity (Wildman–Crippen MR) is 69.6 cm³/mol. The third-order valence-corrected chi connectivity index (χ3v) is 3.91. The number of anilines is 1. The van der Waals surface area contributed by atoms with Crippen molar-refractivity contribution < 1.29 is 0 Å². The van der Waals surface area contributed by atoms with Crippen molar-refractivity contribution >= 4 is 37.5 Å². The molecule has 0 aliphatic carbocycles. The van der Waals surface area contributed by atoms with Crippen molar-refractivity contribution in [2.24, 2.45) is 0 Å². The first kappa shape index (κ1) is 11.3. The fourth-order valence-corrected chi connectivity index (χ4v) is 1.74. The molecule has 0 saturated heterocycles. The van der Waals surface area contributed by atoms with Crippen molar-refractivity contribution in [1.82, 2.24) is 9.78 Å². The first-order valence-electron chi connectivity index (χ1n) is 4.39. The van der Waals surface area contributed by atoms with Gasteiger partial charge in [-0.3, -0.25) is 4.79 Å². The number of benzene rings is 1. The minimum absolute atomic E-state index is 0.223. The molecule has 0 unspecified atom stereocenters. The Balaban J connectivity index is 2.61. The zero-order valence-electron chi connectivity index (χ0n) is 8.02. The van der Waals surface area contributed by atoms with E-state index in [0.29, 0.717) is 20.3 Å². The summed E-state index contributed by atoms with van der Waals surface area (Å²) in [7, 11) is 0. The number of hydrogen-bond donors (Lipinski definition) is 1. The molecule has 0 aliphatic rings. The number of rotatable bonds is 1. The lowest BCUT2D eigenvalue weighted by Gasteiger charge is -2.05. The molecule has 2 rings (SSSR count). The Morgan fingerprint density at radius 2 is 1.81 bits per heavy atom. The van der Waals surface area contributed by atoms with Crippen LogP contribution in [-0.2, 0) is 0 Å². The molecule has 2 N–H and O–H groups in total. The summed E-state index contributed by atoms with van der Waals surface area (Å²) in [5.74, 6) is 0. The van der Waals surface area contributed by atoms with E-state index in [1.165, 1.54) is 4.68 Å². The summed E-state index contributed by atoms with van der Waals surface area (Å²) >= 11 is 6.42. The van der Waals surface area contributed by atoms with E-state index in [-0.39, 0.29) is 5.56 Å². The fourth-order valence-electron chi connectivity index (χ4n) is 1.21. The maximum atomic E-state index is 11.9. The monoisotopic (exact) mass is 343 g/mol. The number of halogens is 2. The second-order valence-corrected chi connectivity index (χ2v) is 4.76. The van der Waals surface area contributed by atoms with Crippen LogP contribution < -0.4 is 11.3 Å². The van der Waals surface area contributed by atoms with Crippen molar-refractivity contribution in [3.63, 3.8) is 0 Å². The molecule has 0 bridgehead atoms. The largest absolute Gasteiger partial charge is 0.399 e. The van der Waals surface area contributed by atoms with Crippen LogP contribution in [0.1, 0.15) is 0 Å². The Kier molecular flexibility index (Phi) is 3.11. The quantitative estimate of drug-likeness (QED) is 0.808. The molecule has 16 heavy (non-hydrogen) atoms. The molecule has 0 saturated carbocycles. The van der Waals surface area contributed by atoms with Crippen LogP contribution in [0.25, 0.3) is 5.69 Å². The highest BCUT2D eigenvalue weighted by Gasteiger charge is 2.07. The van der Waals surface area contributed by atoms with E-state index in [0.717, 1.165) is 0 Å². The SMILES string of the molecule is Nc1ccc(-n2ncc(Br)c(Br)c2=O)cc1. The average Bonchev–Trinajstić information content (AvgIpc) is 2.28. The van der Waals surface area contributed by atoms with Gasteiger partial charge in [0.1, 0.15) is 4.47 Å². The highest BCUT2D eigenvalue weighted by atomic mass is 79.9. The van der Waals surface area contributed by atoms with Crippen molar-refractivity contribution in [3.8, 4) is 5.69 Å². The number of nitrogens with zero attached hydrogens (tertiary/aromatic N) is 2. The van der Waals surface area contributed by atoms with E-state index in [1.807, 2.05) is 0 Å². The van der Waals surface area contributed by atoms with Gasteiger partial charge < -0.3 is 5.73 Å². The third kappa shape index (κ3) is 2.03. The molecule has 0 aliphatic heterocycles. The molecule has 6 heteroatoms. The summed E-state index contributed by atoms with van der Waals surface area (Å²) in [4.78, 5) is 11.9. The normalized spacial score (nSPS) is 10.4. The maximum Gasteiger partial charge on any atom is 0.286 e. The Labute approximate surface area is 108 Å². The van der Waals surface area contributed by atoms with Crippen molar-refractivity contribution in [2.45, 2.75) is 0 Å². The van der Waals surface area contributed by atoms with Crippen LogP contribution in [0, 0.1) is 0 Å². The molecule has 0 amide bonds. The lowest BCUT2D eigenvalue weighted by atomic mass is 10.3. The zero-order chi connectivity index (χ0) is 11.7. The van der Waals surface area contributed by atoms with E-state index in [2.05, 4.69) is 37.0 Å². The first-order chi connectivity index (χ1) is 7.59. The van der Waals surface area contributed by atoms with Crippen LogP contribution in [0.15, 0.2) is 44.2 Å². The van der Waals surface area contributed by atoms with Gasteiger partial charge in [-0.2, -0.15) is 9.78 Å². The fraction of sp³-hybridized carbons (Fsp3) is 0. The summed E-state index contributed by atoms with van der Waals surface area (Å²) in [6.45, 7) is 0. The molecule has 1 heterocycles. The second-order valence-electron chi connectivity index (χ2n) is 3.11. The lowest BCUT2D eigenvalue weighted by molar-refractivity contribution is 0.796. The van der Waals surface area contributed by atoms with Gasteiger partial charge in [0.15, 0.2) is 0 Å². The predicted octanol–water partition coefficient (Wildman–Crippen LogP) is 2.34. The maximum absolute atomic E-state index is 11.9. The molecule has 2 aromatic rings. The van der Waals surface area contributed by atoms with Gasteiger partial charge in [-0.05, 0) is 56.1 Å². The van der Waals surface area contributed by atoms with Crippen LogP contribution in [0.4, 0.5) is 5.69 Å². The van der Waals surface area contributed by atoms with E-state index >= 15 is 0 Å². The second kappa shape index (κ2) is 4.39. The summed E-state index contributed by atoms with van der Waals surface area (Å²) in [6, 6.07) is 6.92. The number of nitrogens with two attached hydrogens (primary N) is 1. The van der Waals surface area contributed by atoms with Gasteiger partial charge in [-0.15, -0.1) is 0 Å². The van der Waals surface area contributed by atoms with Crippen LogP contribution >= 0.6 is 31.9 Å². The summed E-state index contributed by atoms with van der Waals surface area (Å²) in [5, 5.41) is 4.03. The molecule has 1 aromatic carbocycles. The van der Waals surface area contributed by atoms with Crippen molar-refractivity contribution in [2.75, 3.05) is 5.73 Å². The Morgan fingerprint density at radius 3 is 2.44 bits per heavy atom. The van der Waals surface area contributed by atoms with E-state index in [4.69, 9.17) is 5.73 Å². The molecular formula is C10H7Br2N3O. The van der Waals surface area contributed by atoms with E-state index in [1.54, 1.807) is 30.5 Å². The Morgan fingerprint density at radius 1 is 1.19 bits per heavy atom. The smallest absolute Gasteiger partial charge is 0.286 e. The molecule has 0 radical (unpaired) electrons. The molecule has 0 atom stereocenters. The highest BCUT2D eigenvalue weighted by Crippen LogP contribution is 2.17. The average molecular weight is 345 g/mol. The summed E-state index contributed by atoms with van der Waals surface area (Å²) in [5.41, 5.74) is 6.67. The van der Waals surface area contributed by atoms with Gasteiger partial charge >= 0.3 is 0 Å². The molecular weight excluding hydrogens is 338 g/mol. The van der Waals surface area contributed by atoms with E-state index in [9.17, 15) is 4.79 Å². The van der Waals surface area contributed by atoms with Gasteiger partial charge in [-0.1, -0.05) is 0 Å². The zero-order valence-corrected chi connectivity index (χ0v) is 11.2. The third-order valence-electron chi connectivity index (χ3n) is 2.01. The van der Waals surface area contributed by atoms with Crippen LogP contribution in [0.3, 0.4) is 0 Å². The molecule has 4 nitrogen and oxygen atoms in total. The van der Waals surface area contributed by atoms with Crippen LogP contribution in [0.2, 0.25) is 0 Å². The molecule has 82 valence electrons. The number of hydrogen-bond acceptors (Lipinski definition) is 3. The van der Waals surface area contributed by atoms with Crippen LogP contribution in [-0.4, -0.2) is 9.78 Å². The van der Waals surface area contributed by atoms with Crippen LogP contribution in [0.5, 0.6) is 0 Å². The molecule has 0 fully saturated rings. The summed E-state index contributed by atoms with van der Waals surface area (Å²) in [6.07, 6.45) is 1.56. The van der Waals surface area contributed by atoms with Gasteiger partial charge in [0.25, 0.3) is 5.56 Å². The molecule has 0 spiro atoms. The van der Waals surface area contributed by atoms with Gasteiger partial charge in [0, 0.05) is 5.69 Å². The Hall–Kier alpha value is -1.14. The minimum atomic E-state index is -0.223. The highest BCUT2D eigenvalue weighted by molar-refractivity contribution is 9.13. The topological polar surface area (TPSA) is 60.9 Å². The van der Waals surface area contributed by atoms with Crippen molar-refractivity contribution in [3.05, 3.63) is 49.8 Å². The van der Waals surface area contributed by atoms with Gasteiger partial charge in [-0.25, -0.2) is 0 Å². The lowest BCUT2D eigenvalue weighted by Crippen LogP contribution is -2.21. The van der Waals surface area contributed by atoms with Gasteiger partial charge in [0.05, 0.1) is 16.4 Å². The van der Waals surface area contributed by atoms with E-state index < -0.39 is 0 Å². The Bertz CT molecular complexity index is 578. The first-order valence-corrected chi connectivity index (χ1v) is 5.97. The number of nitrogen functional groups attached to an aromatic ring is 1. The molecule has 1 aromatic heterocycles. The standard InChI is InChI=1S/C10H7Br2N3O/c11-8-5-14-15(10(16)9(8)12)7-3-1-6(13)2-4-7/h1-5H,13H2. The number of aromatic nitrogens is 2. The minimum Gasteiger partial charge on any atom is -0.399 e. The van der Waals surface area contributed by atoms with Crippen molar-refractivity contribution in [1.29, 1.82) is 0 Å².